The van der Waals surface area contributed by atoms with E-state index in [4.69, 9.17) is 9.52 Å². The minimum atomic E-state index is -5.05. The van der Waals surface area contributed by atoms with Crippen molar-refractivity contribution in [3.05, 3.63) is 58.9 Å². The molecular formula is C22H17F7N6O3S. The summed E-state index contributed by atoms with van der Waals surface area (Å²) in [6, 6.07) is 5.16. The minimum absolute atomic E-state index is 0.0158. The average Bonchev–Trinajstić information content (AvgIpc) is 3.61. The Morgan fingerprint density at radius 2 is 1.79 bits per heavy atom. The third-order valence-corrected chi connectivity index (χ3v) is 7.05. The predicted molar refractivity (Wildman–Crippen MR) is 120 cm³/mol. The number of carbonyl (C=O) groups excluding carboxylic acids is 1. The molecule has 1 saturated carbocycles. The second kappa shape index (κ2) is 9.39. The van der Waals surface area contributed by atoms with Crippen LogP contribution in [0.5, 0.6) is 11.8 Å². The zero-order valence-electron chi connectivity index (χ0n) is 19.9. The van der Waals surface area contributed by atoms with Gasteiger partial charge < -0.3 is 10.1 Å². The number of anilines is 1. The van der Waals surface area contributed by atoms with Gasteiger partial charge >= 0.3 is 12.4 Å². The molecule has 1 aliphatic carbocycles. The zero-order chi connectivity index (χ0) is 29.0. The van der Waals surface area contributed by atoms with Gasteiger partial charge in [0.15, 0.2) is 5.69 Å². The van der Waals surface area contributed by atoms with Gasteiger partial charge in [-0.2, -0.15) is 30.7 Å². The molecule has 39 heavy (non-hydrogen) atoms. The van der Waals surface area contributed by atoms with Crippen molar-refractivity contribution in [1.29, 1.82) is 4.78 Å². The van der Waals surface area contributed by atoms with E-state index in [1.165, 1.54) is 24.3 Å². The lowest BCUT2D eigenvalue weighted by atomic mass is 10.0. The lowest BCUT2D eigenvalue weighted by Crippen LogP contribution is -2.30. The van der Waals surface area contributed by atoms with Crippen LogP contribution in [0.2, 0.25) is 0 Å². The number of benzene rings is 1. The number of aromatic nitrogens is 4. The van der Waals surface area contributed by atoms with E-state index in [1.807, 2.05) is 0 Å². The number of carbonyl (C=O) groups is 1. The molecule has 1 aromatic carbocycles. The largest absolute Gasteiger partial charge is 0.435 e. The van der Waals surface area contributed by atoms with Gasteiger partial charge in [-0.05, 0) is 43.5 Å². The molecule has 1 amide bonds. The van der Waals surface area contributed by atoms with Crippen LogP contribution >= 0.6 is 0 Å². The summed E-state index contributed by atoms with van der Waals surface area (Å²) < 4.78 is 120. The second-order valence-electron chi connectivity index (χ2n) is 8.71. The third-order valence-electron chi connectivity index (χ3n) is 5.90. The summed E-state index contributed by atoms with van der Waals surface area (Å²) >= 11 is 0. The molecule has 2 heterocycles. The molecule has 0 saturated heterocycles. The van der Waals surface area contributed by atoms with E-state index in [2.05, 4.69) is 25.5 Å². The number of halogens is 7. The number of rotatable bonds is 6. The topological polar surface area (TPSA) is 131 Å². The van der Waals surface area contributed by atoms with Gasteiger partial charge in [0.25, 0.3) is 23.6 Å². The first-order chi connectivity index (χ1) is 17.9. The molecule has 0 aliphatic heterocycles. The highest BCUT2D eigenvalue weighted by molar-refractivity contribution is 7.91. The molecule has 208 valence electrons. The second-order valence-corrected chi connectivity index (χ2v) is 10.9. The fourth-order valence-electron chi connectivity index (χ4n) is 3.67. The SMILES string of the molecule is Cc1c(C(F)(F)F)nnc(Oc2ncc(C3(C(F)(F)F)CC3)nc2F)c1C(=O)Nc1cccc(S(C)(=N)=O)c1. The molecule has 2 N–H and O–H groups in total. The maximum Gasteiger partial charge on any atom is 0.435 e. The molecule has 1 unspecified atom stereocenters. The first-order valence-corrected chi connectivity index (χ1v) is 12.8. The Labute approximate surface area is 215 Å². The Bertz CT molecular complexity index is 1570. The lowest BCUT2D eigenvalue weighted by Gasteiger charge is -2.19. The van der Waals surface area contributed by atoms with Crippen molar-refractivity contribution in [3.8, 4) is 11.8 Å². The van der Waals surface area contributed by atoms with E-state index < -0.39 is 73.6 Å². The molecule has 1 aliphatic rings. The molecule has 2 aromatic heterocycles. The number of ether oxygens (including phenoxy) is 1. The van der Waals surface area contributed by atoms with Gasteiger partial charge in [-0.1, -0.05) is 6.07 Å². The van der Waals surface area contributed by atoms with Crippen LogP contribution < -0.4 is 10.1 Å². The van der Waals surface area contributed by atoms with E-state index in [0.717, 1.165) is 13.2 Å². The van der Waals surface area contributed by atoms with Crippen molar-refractivity contribution in [2.45, 2.75) is 42.4 Å². The van der Waals surface area contributed by atoms with E-state index in [9.17, 15) is 39.7 Å². The Morgan fingerprint density at radius 3 is 2.33 bits per heavy atom. The number of hydrogen-bond donors (Lipinski definition) is 2. The van der Waals surface area contributed by atoms with Gasteiger partial charge in [0.2, 0.25) is 0 Å². The van der Waals surface area contributed by atoms with Crippen LogP contribution in [0, 0.1) is 17.7 Å². The molecule has 0 bridgehead atoms. The highest BCUT2D eigenvalue weighted by atomic mass is 32.2. The molecule has 4 rings (SSSR count). The van der Waals surface area contributed by atoms with Gasteiger partial charge in [-0.15, -0.1) is 10.2 Å². The predicted octanol–water partition coefficient (Wildman–Crippen LogP) is 5.41. The number of hydrogen-bond acceptors (Lipinski definition) is 8. The van der Waals surface area contributed by atoms with Crippen molar-refractivity contribution >= 4 is 21.3 Å². The summed E-state index contributed by atoms with van der Waals surface area (Å²) in [5.74, 6) is -4.84. The van der Waals surface area contributed by atoms with Crippen LogP contribution in [0.25, 0.3) is 0 Å². The first kappa shape index (κ1) is 28.1. The van der Waals surface area contributed by atoms with Gasteiger partial charge in [0.05, 0.1) is 21.6 Å². The Morgan fingerprint density at radius 1 is 1.13 bits per heavy atom. The fraction of sp³-hybridized carbons (Fsp3) is 0.318. The molecule has 17 heteroatoms. The standard InChI is InChI=1S/C22H17F7N6O3S/c1-10-14(17(36)32-11-4-3-5-12(8-11)39(2,30)37)18(35-34-15(10)21(24,25)26)38-19-16(23)33-13(9-31-19)20(6-7-20)22(27,28)29/h3-5,8-9,30H,6-7H2,1-2H3,(H,32,36). The summed E-state index contributed by atoms with van der Waals surface area (Å²) in [6.07, 6.45) is -8.67. The van der Waals surface area contributed by atoms with Crippen LogP contribution in [-0.2, 0) is 21.3 Å². The van der Waals surface area contributed by atoms with Gasteiger partial charge in [0.1, 0.15) is 11.0 Å². The zero-order valence-corrected chi connectivity index (χ0v) is 20.7. The molecule has 1 fully saturated rings. The molecule has 9 nitrogen and oxygen atoms in total. The minimum Gasteiger partial charge on any atom is -0.414 e. The molecule has 1 atom stereocenters. The van der Waals surface area contributed by atoms with Gasteiger partial charge in [0, 0.05) is 16.8 Å². The Balaban J connectivity index is 1.73. The summed E-state index contributed by atoms with van der Waals surface area (Å²) in [5, 5.41) is 8.52. The number of nitrogens with one attached hydrogen (secondary N) is 2. The van der Waals surface area contributed by atoms with E-state index in [-0.39, 0.29) is 23.4 Å². The molecule has 0 radical (unpaired) electrons. The maximum atomic E-state index is 14.6. The van der Waals surface area contributed by atoms with E-state index in [0.29, 0.717) is 6.20 Å². The highest BCUT2D eigenvalue weighted by Gasteiger charge is 2.65. The summed E-state index contributed by atoms with van der Waals surface area (Å²) in [5.41, 5.74) is -6.27. The quantitative estimate of drug-likeness (QED) is 0.374. The van der Waals surface area contributed by atoms with Gasteiger partial charge in [-0.25, -0.2) is 19.0 Å². The average molecular weight is 578 g/mol. The molecule has 0 spiro atoms. The van der Waals surface area contributed by atoms with Gasteiger partial charge in [-0.3, -0.25) is 4.79 Å². The summed E-state index contributed by atoms with van der Waals surface area (Å²) in [4.78, 5) is 19.9. The number of alkyl halides is 6. The van der Waals surface area contributed by atoms with E-state index >= 15 is 0 Å². The molecule has 3 aromatic rings. The van der Waals surface area contributed by atoms with Crippen LogP contribution in [-0.4, -0.2) is 42.7 Å². The maximum absolute atomic E-state index is 14.6. The number of amides is 1. The van der Waals surface area contributed by atoms with Crippen LogP contribution in [0.3, 0.4) is 0 Å². The highest BCUT2D eigenvalue weighted by Crippen LogP contribution is 2.58. The Hall–Kier alpha value is -3.89. The van der Waals surface area contributed by atoms with Crippen LogP contribution in [0.15, 0.2) is 35.4 Å². The Kier molecular flexibility index (Phi) is 6.77. The smallest absolute Gasteiger partial charge is 0.414 e. The van der Waals surface area contributed by atoms with E-state index in [1.54, 1.807) is 0 Å². The van der Waals surface area contributed by atoms with Crippen molar-refractivity contribution in [1.82, 2.24) is 20.2 Å². The lowest BCUT2D eigenvalue weighted by molar-refractivity contribution is -0.161. The summed E-state index contributed by atoms with van der Waals surface area (Å²) in [6.45, 7) is 0.879. The summed E-state index contributed by atoms with van der Waals surface area (Å²) in [7, 11) is -3.21. The monoisotopic (exact) mass is 578 g/mol. The van der Waals surface area contributed by atoms with Crippen molar-refractivity contribution in [2.75, 3.05) is 11.6 Å². The van der Waals surface area contributed by atoms with Crippen molar-refractivity contribution in [2.24, 2.45) is 0 Å². The fourth-order valence-corrected chi connectivity index (χ4v) is 4.36. The number of nitrogens with zero attached hydrogens (tertiary/aromatic N) is 4. The normalized spacial score (nSPS) is 16.3. The van der Waals surface area contributed by atoms with Crippen molar-refractivity contribution in [3.63, 3.8) is 0 Å². The third kappa shape index (κ3) is 5.48. The van der Waals surface area contributed by atoms with Crippen molar-refractivity contribution < 1.29 is 44.5 Å². The molecular weight excluding hydrogens is 561 g/mol. The van der Waals surface area contributed by atoms with Crippen LogP contribution in [0.4, 0.5) is 36.4 Å². The first-order valence-electron chi connectivity index (χ1n) is 10.8. The van der Waals surface area contributed by atoms with Crippen LogP contribution in [0.1, 0.15) is 40.2 Å².